The number of ether oxygens (including phenoxy) is 1. The van der Waals surface area contributed by atoms with Gasteiger partial charge in [-0.2, -0.15) is 0 Å². The van der Waals surface area contributed by atoms with Gasteiger partial charge in [0, 0.05) is 5.69 Å². The van der Waals surface area contributed by atoms with E-state index in [0.29, 0.717) is 16.5 Å². The second-order valence-electron chi connectivity index (χ2n) is 3.77. The molecule has 0 amide bonds. The predicted octanol–water partition coefficient (Wildman–Crippen LogP) is 3.12. The zero-order chi connectivity index (χ0) is 13.8. The van der Waals surface area contributed by atoms with Gasteiger partial charge >= 0.3 is 0 Å². The summed E-state index contributed by atoms with van der Waals surface area (Å²) in [5.74, 6) is 0.633. The molecule has 0 fully saturated rings. The van der Waals surface area contributed by atoms with Gasteiger partial charge in [0.2, 0.25) is 0 Å². The first-order valence-electron chi connectivity index (χ1n) is 5.46. The van der Waals surface area contributed by atoms with Gasteiger partial charge in [-0.1, -0.05) is 23.8 Å². The number of nitrogens with one attached hydrogen (secondary N) is 1. The maximum atomic E-state index is 6.05. The number of hydrogen-bond donors (Lipinski definition) is 2. The Labute approximate surface area is 121 Å². The fourth-order valence-corrected chi connectivity index (χ4v) is 1.90. The van der Waals surface area contributed by atoms with E-state index in [1.807, 2.05) is 12.1 Å². The molecule has 2 aromatic rings. The van der Waals surface area contributed by atoms with Gasteiger partial charge in [-0.25, -0.2) is 0 Å². The Kier molecular flexibility index (Phi) is 4.19. The number of benzene rings is 1. The van der Waals surface area contributed by atoms with Gasteiger partial charge in [-0.3, -0.25) is 4.98 Å². The van der Waals surface area contributed by atoms with Crippen molar-refractivity contribution in [3.63, 3.8) is 0 Å². The molecule has 0 bridgehead atoms. The van der Waals surface area contributed by atoms with Crippen LogP contribution in [0.5, 0.6) is 5.75 Å². The summed E-state index contributed by atoms with van der Waals surface area (Å²) < 4.78 is 5.09. The molecule has 1 aromatic carbocycles. The maximum absolute atomic E-state index is 6.05. The van der Waals surface area contributed by atoms with Gasteiger partial charge in [0.25, 0.3) is 0 Å². The summed E-state index contributed by atoms with van der Waals surface area (Å²) in [6, 6.07) is 9.05. The van der Waals surface area contributed by atoms with E-state index in [-0.39, 0.29) is 4.99 Å². The van der Waals surface area contributed by atoms with Crippen LogP contribution in [0.4, 0.5) is 11.4 Å². The third-order valence-corrected chi connectivity index (χ3v) is 2.96. The number of aromatic nitrogens is 1. The van der Waals surface area contributed by atoms with Crippen molar-refractivity contribution in [2.75, 3.05) is 12.4 Å². The van der Waals surface area contributed by atoms with E-state index in [1.165, 1.54) is 0 Å². The lowest BCUT2D eigenvalue weighted by Crippen LogP contribution is -2.11. The number of nitrogens with zero attached hydrogens (tertiary/aromatic N) is 1. The van der Waals surface area contributed by atoms with E-state index in [1.54, 1.807) is 31.5 Å². The van der Waals surface area contributed by atoms with Crippen LogP contribution < -0.4 is 15.8 Å². The minimum Gasteiger partial charge on any atom is -0.495 e. The summed E-state index contributed by atoms with van der Waals surface area (Å²) in [7, 11) is 1.58. The molecule has 0 aliphatic carbocycles. The van der Waals surface area contributed by atoms with Crippen molar-refractivity contribution in [2.24, 2.45) is 5.73 Å². The summed E-state index contributed by atoms with van der Waals surface area (Å²) in [5, 5.41) is 3.72. The average Bonchev–Trinajstić information content (AvgIpc) is 2.39. The molecule has 0 aliphatic heterocycles. The van der Waals surface area contributed by atoms with Crippen LogP contribution in [0.2, 0.25) is 5.02 Å². The van der Waals surface area contributed by atoms with E-state index in [0.717, 1.165) is 11.4 Å². The van der Waals surface area contributed by atoms with E-state index in [4.69, 9.17) is 34.3 Å². The van der Waals surface area contributed by atoms with E-state index in [9.17, 15) is 0 Å². The maximum Gasteiger partial charge on any atom is 0.137 e. The molecule has 1 aromatic heterocycles. The number of hydrogen-bond acceptors (Lipinski definition) is 4. The lowest BCUT2D eigenvalue weighted by molar-refractivity contribution is 0.415. The van der Waals surface area contributed by atoms with E-state index < -0.39 is 0 Å². The molecule has 6 heteroatoms. The van der Waals surface area contributed by atoms with Gasteiger partial charge in [0.15, 0.2) is 0 Å². The molecule has 1 heterocycles. The Morgan fingerprint density at radius 1 is 1.32 bits per heavy atom. The number of nitrogens with two attached hydrogens (primary N) is 1. The second kappa shape index (κ2) is 5.86. The Morgan fingerprint density at radius 3 is 2.58 bits per heavy atom. The summed E-state index contributed by atoms with van der Waals surface area (Å²) in [5.41, 5.74) is 7.74. The van der Waals surface area contributed by atoms with Gasteiger partial charge < -0.3 is 15.8 Å². The first-order chi connectivity index (χ1) is 9.10. The van der Waals surface area contributed by atoms with Gasteiger partial charge in [0.1, 0.15) is 10.7 Å². The van der Waals surface area contributed by atoms with Crippen LogP contribution in [0.1, 0.15) is 5.69 Å². The number of anilines is 2. The average molecular weight is 294 g/mol. The molecule has 3 N–H and O–H groups in total. The molecule has 0 unspecified atom stereocenters. The minimum atomic E-state index is 0.277. The lowest BCUT2D eigenvalue weighted by Gasteiger charge is -2.09. The van der Waals surface area contributed by atoms with Crippen molar-refractivity contribution >= 4 is 40.2 Å². The molecule has 2 rings (SSSR count). The highest BCUT2D eigenvalue weighted by molar-refractivity contribution is 7.80. The van der Waals surface area contributed by atoms with Crippen LogP contribution in [0.3, 0.4) is 0 Å². The summed E-state index contributed by atoms with van der Waals surface area (Å²) in [6.07, 6.45) is 1.66. The predicted molar refractivity (Wildman–Crippen MR) is 81.4 cm³/mol. The SMILES string of the molecule is COc1ccc(Nc2ccc(C(N)=S)nc2)cc1Cl. The molecule has 0 atom stereocenters. The Bertz CT molecular complexity index is 601. The van der Waals surface area contributed by atoms with Crippen molar-refractivity contribution < 1.29 is 4.74 Å². The number of pyridine rings is 1. The number of thiocarbonyl (C=S) groups is 1. The van der Waals surface area contributed by atoms with Gasteiger partial charge in [0.05, 0.1) is 29.7 Å². The monoisotopic (exact) mass is 293 g/mol. The molecular formula is C13H12ClN3OS. The van der Waals surface area contributed by atoms with Crippen molar-refractivity contribution in [1.29, 1.82) is 0 Å². The first-order valence-corrected chi connectivity index (χ1v) is 6.25. The Balaban J connectivity index is 2.16. The molecule has 19 heavy (non-hydrogen) atoms. The number of halogens is 1. The highest BCUT2D eigenvalue weighted by Crippen LogP contribution is 2.28. The smallest absolute Gasteiger partial charge is 0.137 e. The standard InChI is InChI=1S/C13H12ClN3OS/c1-18-12-5-3-8(6-10(12)14)17-9-2-4-11(13(15)19)16-7-9/h2-7,17H,1H3,(H2,15,19). The minimum absolute atomic E-state index is 0.277. The largest absolute Gasteiger partial charge is 0.495 e. The van der Waals surface area contributed by atoms with Crippen LogP contribution in [0.15, 0.2) is 36.5 Å². The van der Waals surface area contributed by atoms with Crippen LogP contribution in [0.25, 0.3) is 0 Å². The summed E-state index contributed by atoms with van der Waals surface area (Å²) in [4.78, 5) is 4.42. The fraction of sp³-hybridized carbons (Fsp3) is 0.0769. The topological polar surface area (TPSA) is 60.2 Å². The number of rotatable bonds is 4. The second-order valence-corrected chi connectivity index (χ2v) is 4.62. The highest BCUT2D eigenvalue weighted by Gasteiger charge is 2.03. The summed E-state index contributed by atoms with van der Waals surface area (Å²) >= 11 is 10.9. The van der Waals surface area contributed by atoms with Crippen LogP contribution in [0, 0.1) is 0 Å². The van der Waals surface area contributed by atoms with Gasteiger partial charge in [-0.15, -0.1) is 0 Å². The van der Waals surface area contributed by atoms with Crippen molar-refractivity contribution in [3.05, 3.63) is 47.2 Å². The normalized spacial score (nSPS) is 10.0. The van der Waals surface area contributed by atoms with Crippen LogP contribution >= 0.6 is 23.8 Å². The molecule has 0 radical (unpaired) electrons. The molecule has 0 saturated carbocycles. The van der Waals surface area contributed by atoms with Crippen molar-refractivity contribution in [3.8, 4) is 5.75 Å². The van der Waals surface area contributed by atoms with E-state index >= 15 is 0 Å². The molecule has 4 nitrogen and oxygen atoms in total. The quantitative estimate of drug-likeness (QED) is 0.848. The molecule has 0 saturated heterocycles. The third-order valence-electron chi connectivity index (χ3n) is 2.46. The molecule has 98 valence electrons. The Morgan fingerprint density at radius 2 is 2.05 bits per heavy atom. The fourth-order valence-electron chi connectivity index (χ4n) is 1.52. The molecule has 0 aliphatic rings. The lowest BCUT2D eigenvalue weighted by atomic mass is 10.2. The number of methoxy groups -OCH3 is 1. The van der Waals surface area contributed by atoms with Crippen LogP contribution in [-0.2, 0) is 0 Å². The first kappa shape index (κ1) is 13.6. The Hall–Kier alpha value is -1.85. The third kappa shape index (κ3) is 3.33. The molecule has 0 spiro atoms. The highest BCUT2D eigenvalue weighted by atomic mass is 35.5. The zero-order valence-corrected chi connectivity index (χ0v) is 11.8. The van der Waals surface area contributed by atoms with Crippen LogP contribution in [-0.4, -0.2) is 17.1 Å². The van der Waals surface area contributed by atoms with E-state index in [2.05, 4.69) is 10.3 Å². The zero-order valence-electron chi connectivity index (χ0n) is 10.2. The van der Waals surface area contributed by atoms with Crippen molar-refractivity contribution in [1.82, 2.24) is 4.98 Å². The summed E-state index contributed by atoms with van der Waals surface area (Å²) in [6.45, 7) is 0. The van der Waals surface area contributed by atoms with Crippen molar-refractivity contribution in [2.45, 2.75) is 0 Å². The van der Waals surface area contributed by atoms with Gasteiger partial charge in [-0.05, 0) is 30.3 Å². The molecular weight excluding hydrogens is 282 g/mol.